The van der Waals surface area contributed by atoms with E-state index in [-0.39, 0.29) is 19.4 Å². The summed E-state index contributed by atoms with van der Waals surface area (Å²) in [5, 5.41) is 19.4. The van der Waals surface area contributed by atoms with Crippen LogP contribution in [0.2, 0.25) is 0 Å². The van der Waals surface area contributed by atoms with Gasteiger partial charge in [0.2, 0.25) is 5.91 Å². The predicted octanol–water partition coefficient (Wildman–Crippen LogP) is 0.720. The van der Waals surface area contributed by atoms with E-state index in [4.69, 9.17) is 20.8 Å². The number of anilines is 1. The summed E-state index contributed by atoms with van der Waals surface area (Å²) in [6.07, 6.45) is -0.0833. The van der Waals surface area contributed by atoms with E-state index in [1.54, 1.807) is 24.3 Å². The van der Waals surface area contributed by atoms with E-state index >= 15 is 0 Å². The molecule has 0 aliphatic heterocycles. The van der Waals surface area contributed by atoms with Gasteiger partial charge in [-0.25, -0.2) is 0 Å². The molecular formula is C13H15N3O4. The van der Waals surface area contributed by atoms with Gasteiger partial charge in [0.1, 0.15) is 11.8 Å². The molecule has 106 valence electrons. The maximum Gasteiger partial charge on any atom is 0.303 e. The Morgan fingerprint density at radius 3 is 2.60 bits per heavy atom. The highest BCUT2D eigenvalue weighted by atomic mass is 16.5. The van der Waals surface area contributed by atoms with Crippen LogP contribution in [0.3, 0.4) is 0 Å². The molecule has 0 spiro atoms. The minimum Gasteiger partial charge on any atom is -0.481 e. The number of nitrogens with zero attached hydrogens (tertiary/aromatic N) is 1. The zero-order valence-corrected chi connectivity index (χ0v) is 10.7. The van der Waals surface area contributed by atoms with Gasteiger partial charge in [0, 0.05) is 12.1 Å². The van der Waals surface area contributed by atoms with Crippen LogP contribution >= 0.6 is 0 Å². The number of ether oxygens (including phenoxy) is 1. The lowest BCUT2D eigenvalue weighted by molar-refractivity contribution is -0.137. The smallest absolute Gasteiger partial charge is 0.303 e. The van der Waals surface area contributed by atoms with Gasteiger partial charge >= 0.3 is 5.97 Å². The molecule has 0 aromatic heterocycles. The molecular weight excluding hydrogens is 262 g/mol. The van der Waals surface area contributed by atoms with E-state index in [9.17, 15) is 9.59 Å². The summed E-state index contributed by atoms with van der Waals surface area (Å²) in [7, 11) is 0. The van der Waals surface area contributed by atoms with Crippen LogP contribution in [-0.2, 0) is 9.59 Å². The fraction of sp³-hybridized carbons (Fsp3) is 0.308. The fourth-order valence-electron chi connectivity index (χ4n) is 1.40. The van der Waals surface area contributed by atoms with Gasteiger partial charge in [0.25, 0.3) is 0 Å². The van der Waals surface area contributed by atoms with Crippen molar-refractivity contribution in [3.05, 3.63) is 24.3 Å². The maximum atomic E-state index is 11.7. The third kappa shape index (κ3) is 5.37. The summed E-state index contributed by atoms with van der Waals surface area (Å²) in [6, 6.07) is 7.40. The van der Waals surface area contributed by atoms with E-state index in [1.807, 2.05) is 6.07 Å². The van der Waals surface area contributed by atoms with Crippen molar-refractivity contribution in [2.45, 2.75) is 18.9 Å². The first-order valence-corrected chi connectivity index (χ1v) is 5.91. The summed E-state index contributed by atoms with van der Waals surface area (Å²) in [5.41, 5.74) is 6.09. The van der Waals surface area contributed by atoms with Gasteiger partial charge in [0.05, 0.1) is 6.04 Å². The van der Waals surface area contributed by atoms with E-state index in [0.717, 1.165) is 0 Å². The first-order valence-electron chi connectivity index (χ1n) is 5.91. The van der Waals surface area contributed by atoms with Crippen molar-refractivity contribution in [1.82, 2.24) is 0 Å². The lowest BCUT2D eigenvalue weighted by Gasteiger charge is -2.11. The number of rotatable bonds is 7. The molecule has 1 aromatic carbocycles. The van der Waals surface area contributed by atoms with E-state index in [1.165, 1.54) is 0 Å². The van der Waals surface area contributed by atoms with Crippen molar-refractivity contribution >= 4 is 17.6 Å². The van der Waals surface area contributed by atoms with Crippen LogP contribution in [-0.4, -0.2) is 29.6 Å². The van der Waals surface area contributed by atoms with Gasteiger partial charge < -0.3 is 20.9 Å². The molecule has 7 nitrogen and oxygen atoms in total. The molecule has 0 fully saturated rings. The van der Waals surface area contributed by atoms with Crippen LogP contribution in [0.15, 0.2) is 24.3 Å². The number of hydrogen-bond donors (Lipinski definition) is 3. The number of nitriles is 1. The number of carbonyl (C=O) groups excluding carboxylic acids is 1. The van der Waals surface area contributed by atoms with Crippen molar-refractivity contribution in [3.8, 4) is 11.8 Å². The number of carboxylic acid groups (broad SMARTS) is 1. The second kappa shape index (κ2) is 7.76. The van der Waals surface area contributed by atoms with Gasteiger partial charge in [-0.15, -0.1) is 0 Å². The summed E-state index contributed by atoms with van der Waals surface area (Å²) < 4.78 is 5.06. The van der Waals surface area contributed by atoms with Gasteiger partial charge in [-0.05, 0) is 30.7 Å². The fourth-order valence-corrected chi connectivity index (χ4v) is 1.40. The van der Waals surface area contributed by atoms with Crippen LogP contribution in [0.5, 0.6) is 5.75 Å². The molecule has 0 aliphatic carbocycles. The normalized spacial score (nSPS) is 11.2. The number of carboxylic acids is 1. The van der Waals surface area contributed by atoms with Crippen LogP contribution in [0.4, 0.5) is 5.69 Å². The molecule has 0 heterocycles. The lowest BCUT2D eigenvalue weighted by atomic mass is 10.1. The predicted molar refractivity (Wildman–Crippen MR) is 71.0 cm³/mol. The highest BCUT2D eigenvalue weighted by Crippen LogP contribution is 2.15. The summed E-state index contributed by atoms with van der Waals surface area (Å²) >= 11 is 0. The molecule has 1 aromatic rings. The molecule has 0 aliphatic rings. The van der Waals surface area contributed by atoms with Crippen molar-refractivity contribution in [2.24, 2.45) is 5.73 Å². The zero-order valence-electron chi connectivity index (χ0n) is 10.7. The zero-order chi connectivity index (χ0) is 15.0. The number of amides is 1. The van der Waals surface area contributed by atoms with Gasteiger partial charge in [0.15, 0.2) is 6.61 Å². The molecule has 20 heavy (non-hydrogen) atoms. The number of hydrogen-bond acceptors (Lipinski definition) is 5. The third-order valence-corrected chi connectivity index (χ3v) is 2.43. The van der Waals surface area contributed by atoms with Crippen molar-refractivity contribution < 1.29 is 19.4 Å². The molecule has 0 radical (unpaired) electrons. The van der Waals surface area contributed by atoms with E-state index in [2.05, 4.69) is 5.32 Å². The minimum absolute atomic E-state index is 0.0498. The highest BCUT2D eigenvalue weighted by molar-refractivity contribution is 5.94. The Labute approximate surface area is 115 Å². The number of nitrogens with two attached hydrogens (primary N) is 1. The van der Waals surface area contributed by atoms with Gasteiger partial charge in [-0.2, -0.15) is 5.26 Å². The number of nitrogens with one attached hydrogen (secondary N) is 1. The van der Waals surface area contributed by atoms with Crippen LogP contribution in [0.1, 0.15) is 12.8 Å². The number of benzene rings is 1. The molecule has 0 saturated carbocycles. The number of aliphatic carboxylic acids is 1. The Bertz CT molecular complexity index is 507. The Balaban J connectivity index is 2.49. The largest absolute Gasteiger partial charge is 0.481 e. The molecule has 0 saturated heterocycles. The molecule has 1 rings (SSSR count). The second-order valence-corrected chi connectivity index (χ2v) is 4.00. The van der Waals surface area contributed by atoms with Crippen molar-refractivity contribution in [3.63, 3.8) is 0 Å². The summed E-state index contributed by atoms with van der Waals surface area (Å²) in [4.78, 5) is 22.1. The van der Waals surface area contributed by atoms with Crippen molar-refractivity contribution in [1.29, 1.82) is 5.26 Å². The van der Waals surface area contributed by atoms with Gasteiger partial charge in [-0.3, -0.25) is 9.59 Å². The SMILES string of the molecule is N#CCOc1ccc(NC(=O)C(N)CCC(=O)O)cc1. The van der Waals surface area contributed by atoms with Crippen LogP contribution < -0.4 is 15.8 Å². The van der Waals surface area contributed by atoms with E-state index in [0.29, 0.717) is 11.4 Å². The average Bonchev–Trinajstić information content (AvgIpc) is 2.43. The van der Waals surface area contributed by atoms with Gasteiger partial charge in [-0.1, -0.05) is 0 Å². The maximum absolute atomic E-state index is 11.7. The Hall–Kier alpha value is -2.59. The number of carbonyl (C=O) groups is 2. The molecule has 1 unspecified atom stereocenters. The summed E-state index contributed by atoms with van der Waals surface area (Å²) in [6.45, 7) is -0.0498. The first kappa shape index (κ1) is 15.5. The molecule has 4 N–H and O–H groups in total. The highest BCUT2D eigenvalue weighted by Gasteiger charge is 2.14. The quantitative estimate of drug-likeness (QED) is 0.674. The average molecular weight is 277 g/mol. The molecule has 1 amide bonds. The standard InChI is InChI=1S/C13H15N3O4/c14-7-8-20-10-3-1-9(2-4-10)16-13(19)11(15)5-6-12(17)18/h1-4,11H,5-6,8,15H2,(H,16,19)(H,17,18). The van der Waals surface area contributed by atoms with Crippen LogP contribution in [0.25, 0.3) is 0 Å². The Morgan fingerprint density at radius 2 is 2.05 bits per heavy atom. The lowest BCUT2D eigenvalue weighted by Crippen LogP contribution is -2.36. The Morgan fingerprint density at radius 1 is 1.40 bits per heavy atom. The van der Waals surface area contributed by atoms with Crippen LogP contribution in [0, 0.1) is 11.3 Å². The van der Waals surface area contributed by atoms with Crippen molar-refractivity contribution in [2.75, 3.05) is 11.9 Å². The Kier molecular flexibility index (Phi) is 6.00. The molecule has 1 atom stereocenters. The molecule has 7 heteroatoms. The molecule has 0 bridgehead atoms. The first-order chi connectivity index (χ1) is 9.52. The monoisotopic (exact) mass is 277 g/mol. The topological polar surface area (TPSA) is 125 Å². The second-order valence-electron chi connectivity index (χ2n) is 4.00. The summed E-state index contributed by atoms with van der Waals surface area (Å²) in [5.74, 6) is -0.927. The third-order valence-electron chi connectivity index (χ3n) is 2.43. The van der Waals surface area contributed by atoms with E-state index < -0.39 is 17.9 Å². The minimum atomic E-state index is -0.993.